The van der Waals surface area contributed by atoms with Crippen molar-refractivity contribution >= 4 is 22.3 Å². The molecule has 5 nitrogen and oxygen atoms in total. The molecular weight excluding hydrogens is 370 g/mol. The third-order valence-corrected chi connectivity index (χ3v) is 7.59. The van der Waals surface area contributed by atoms with E-state index in [0.717, 1.165) is 35.3 Å². The molecule has 0 saturated heterocycles. The zero-order valence-corrected chi connectivity index (χ0v) is 19.0. The van der Waals surface area contributed by atoms with Crippen molar-refractivity contribution < 1.29 is 4.55 Å². The quantitative estimate of drug-likeness (QED) is 0.777. The number of aromatic nitrogens is 2. The highest BCUT2D eigenvalue weighted by Crippen LogP contribution is 2.40. The van der Waals surface area contributed by atoms with E-state index in [1.165, 1.54) is 12.8 Å². The summed E-state index contributed by atoms with van der Waals surface area (Å²) in [5.41, 5.74) is 2.63. The molecule has 1 aliphatic rings. The second-order valence-corrected chi connectivity index (χ2v) is 11.5. The lowest BCUT2D eigenvalue weighted by Gasteiger charge is -2.28. The van der Waals surface area contributed by atoms with Gasteiger partial charge in [0.15, 0.2) is 0 Å². The minimum absolute atomic E-state index is 0.00205. The Balaban J connectivity index is 2.18. The summed E-state index contributed by atoms with van der Waals surface area (Å²) in [6, 6.07) is 3.81. The van der Waals surface area contributed by atoms with E-state index in [9.17, 15) is 9.35 Å². The Hall–Kier alpha value is -1.37. The van der Waals surface area contributed by atoms with Gasteiger partial charge in [-0.2, -0.15) is 0 Å². The molecule has 0 aliphatic heterocycles. The van der Waals surface area contributed by atoms with Gasteiger partial charge < -0.3 is 4.55 Å². The zero-order valence-electron chi connectivity index (χ0n) is 18.2. The predicted molar refractivity (Wildman–Crippen MR) is 117 cm³/mol. The Labute approximate surface area is 171 Å². The summed E-state index contributed by atoms with van der Waals surface area (Å²) in [4.78, 5) is 18.2. The maximum atomic E-state index is 13.2. The van der Waals surface area contributed by atoms with E-state index in [1.54, 1.807) is 4.57 Å². The van der Waals surface area contributed by atoms with Crippen LogP contribution in [0.15, 0.2) is 16.9 Å². The number of fused-ring (bicyclic) bond motifs is 1. The third kappa shape index (κ3) is 3.87. The molecule has 1 aromatic carbocycles. The highest BCUT2D eigenvalue weighted by Gasteiger charge is 2.35. The Morgan fingerprint density at radius 3 is 2.46 bits per heavy atom. The largest absolute Gasteiger partial charge is 0.598 e. The molecule has 2 unspecified atom stereocenters. The molecule has 1 aromatic heterocycles. The average Bonchev–Trinajstić information content (AvgIpc) is 3.04. The number of rotatable bonds is 4. The van der Waals surface area contributed by atoms with Crippen molar-refractivity contribution in [2.24, 2.45) is 7.05 Å². The summed E-state index contributed by atoms with van der Waals surface area (Å²) in [5.74, 6) is 0.872. The van der Waals surface area contributed by atoms with Crippen molar-refractivity contribution in [2.75, 3.05) is 0 Å². The van der Waals surface area contributed by atoms with Gasteiger partial charge in [-0.15, -0.1) is 4.72 Å². The maximum Gasteiger partial charge on any atom is 0.261 e. The van der Waals surface area contributed by atoms with Gasteiger partial charge in [-0.3, -0.25) is 9.36 Å². The van der Waals surface area contributed by atoms with E-state index in [1.807, 2.05) is 47.7 Å². The minimum Gasteiger partial charge on any atom is -0.598 e. The summed E-state index contributed by atoms with van der Waals surface area (Å²) in [7, 11) is 1.84. The smallest absolute Gasteiger partial charge is 0.261 e. The van der Waals surface area contributed by atoms with Crippen LogP contribution >= 0.6 is 0 Å². The summed E-state index contributed by atoms with van der Waals surface area (Å²) in [5, 5.41) is 0.637. The summed E-state index contributed by atoms with van der Waals surface area (Å²) < 4.78 is 17.2. The van der Waals surface area contributed by atoms with Crippen molar-refractivity contribution in [1.82, 2.24) is 14.3 Å². The van der Waals surface area contributed by atoms with Gasteiger partial charge in [0.1, 0.15) is 10.6 Å². The van der Waals surface area contributed by atoms with Gasteiger partial charge in [0.25, 0.3) is 5.56 Å². The fourth-order valence-corrected chi connectivity index (χ4v) is 5.00. The fraction of sp³-hybridized carbons (Fsp3) is 0.636. The van der Waals surface area contributed by atoms with E-state index >= 15 is 0 Å². The molecule has 0 amide bonds. The van der Waals surface area contributed by atoms with Gasteiger partial charge >= 0.3 is 0 Å². The molecule has 1 aliphatic carbocycles. The first kappa shape index (κ1) is 21.3. The Kier molecular flexibility index (Phi) is 5.69. The number of hydrogen-bond donors (Lipinski definition) is 1. The lowest BCUT2D eigenvalue weighted by Crippen LogP contribution is -2.40. The normalized spacial score (nSPS) is 19.1. The van der Waals surface area contributed by atoms with Crippen LogP contribution in [0.5, 0.6) is 0 Å². The van der Waals surface area contributed by atoms with Crippen molar-refractivity contribution in [1.29, 1.82) is 0 Å². The zero-order chi connectivity index (χ0) is 20.9. The molecular formula is C22H33N3O2S. The molecule has 3 rings (SSSR count). The first-order valence-corrected chi connectivity index (χ1v) is 11.3. The molecule has 0 bridgehead atoms. The van der Waals surface area contributed by atoms with Crippen LogP contribution in [-0.2, 0) is 23.8 Å². The number of nitrogens with one attached hydrogen (secondary N) is 1. The summed E-state index contributed by atoms with van der Waals surface area (Å²) >= 11 is -1.20. The Bertz CT molecular complexity index is 939. The molecule has 1 heterocycles. The molecule has 2 atom stereocenters. The second-order valence-electron chi connectivity index (χ2n) is 9.54. The van der Waals surface area contributed by atoms with E-state index in [-0.39, 0.29) is 21.8 Å². The lowest BCUT2D eigenvalue weighted by molar-refractivity contribution is 0.435. The molecule has 0 spiro atoms. The van der Waals surface area contributed by atoms with Gasteiger partial charge in [-0.25, -0.2) is 4.98 Å². The van der Waals surface area contributed by atoms with E-state index in [4.69, 9.17) is 4.98 Å². The van der Waals surface area contributed by atoms with Gasteiger partial charge in [0.2, 0.25) is 0 Å². The monoisotopic (exact) mass is 403 g/mol. The number of hydrogen-bond acceptors (Lipinski definition) is 4. The summed E-state index contributed by atoms with van der Waals surface area (Å²) in [6.07, 6.45) is 4.46. The molecule has 154 valence electrons. The Morgan fingerprint density at radius 1 is 1.29 bits per heavy atom. The second kappa shape index (κ2) is 7.47. The van der Waals surface area contributed by atoms with E-state index in [2.05, 4.69) is 17.7 Å². The van der Waals surface area contributed by atoms with Crippen molar-refractivity contribution in [2.45, 2.75) is 83.4 Å². The third-order valence-electron chi connectivity index (χ3n) is 5.91. The van der Waals surface area contributed by atoms with Gasteiger partial charge in [-0.1, -0.05) is 25.8 Å². The molecule has 1 fully saturated rings. The van der Waals surface area contributed by atoms with Crippen molar-refractivity contribution in [3.8, 4) is 0 Å². The molecule has 2 aromatic rings. The van der Waals surface area contributed by atoms with Crippen LogP contribution < -0.4 is 10.3 Å². The first-order chi connectivity index (χ1) is 12.9. The van der Waals surface area contributed by atoms with Crippen LogP contribution in [-0.4, -0.2) is 18.9 Å². The van der Waals surface area contributed by atoms with E-state index in [0.29, 0.717) is 5.39 Å². The van der Waals surface area contributed by atoms with Crippen LogP contribution in [0.1, 0.15) is 83.3 Å². The lowest BCUT2D eigenvalue weighted by atomic mass is 9.87. The van der Waals surface area contributed by atoms with Crippen LogP contribution in [0, 0.1) is 6.92 Å². The average molecular weight is 404 g/mol. The summed E-state index contributed by atoms with van der Waals surface area (Å²) in [6.45, 7) is 12.0. The standard InChI is InChI=1S/C22H33N3O2S/c1-14-12-16(15(2)24-28(27)21(3,4)5)18-17(13-14)19(26)25(7)20(23-18)22(6)10-8-9-11-22/h12-13,15,24H,8-11H2,1-7H3. The predicted octanol–water partition coefficient (Wildman–Crippen LogP) is 4.19. The number of nitrogens with zero attached hydrogens (tertiary/aromatic N) is 2. The number of benzene rings is 1. The molecule has 1 N–H and O–H groups in total. The van der Waals surface area contributed by atoms with Crippen molar-refractivity contribution in [3.05, 3.63) is 39.4 Å². The Morgan fingerprint density at radius 2 is 1.89 bits per heavy atom. The molecule has 28 heavy (non-hydrogen) atoms. The van der Waals surface area contributed by atoms with Crippen molar-refractivity contribution in [3.63, 3.8) is 0 Å². The van der Waals surface area contributed by atoms with Crippen LogP contribution in [0.3, 0.4) is 0 Å². The fourth-order valence-electron chi connectivity index (χ4n) is 4.20. The first-order valence-electron chi connectivity index (χ1n) is 10.1. The SMILES string of the molecule is Cc1cc(C(C)N[S+]([O-])C(C)(C)C)c2nc(C3(C)CCCC3)n(C)c(=O)c2c1. The van der Waals surface area contributed by atoms with E-state index < -0.39 is 11.4 Å². The maximum absolute atomic E-state index is 13.2. The molecule has 1 saturated carbocycles. The molecule has 6 heteroatoms. The van der Waals surface area contributed by atoms with Crippen LogP contribution in [0.4, 0.5) is 0 Å². The van der Waals surface area contributed by atoms with Gasteiger partial charge in [-0.05, 0) is 59.1 Å². The van der Waals surface area contributed by atoms with Gasteiger partial charge in [0.05, 0.1) is 16.9 Å². The highest BCUT2D eigenvalue weighted by molar-refractivity contribution is 7.90. The van der Waals surface area contributed by atoms with Gasteiger partial charge in [0, 0.05) is 29.4 Å². The molecule has 0 radical (unpaired) electrons. The minimum atomic E-state index is -1.20. The van der Waals surface area contributed by atoms with Crippen LogP contribution in [0.2, 0.25) is 0 Å². The number of aryl methyl sites for hydroxylation is 1. The topological polar surface area (TPSA) is 70.0 Å². The highest BCUT2D eigenvalue weighted by atomic mass is 32.2. The van der Waals surface area contributed by atoms with Crippen LogP contribution in [0.25, 0.3) is 10.9 Å².